The number of ether oxygens (including phenoxy) is 3. The van der Waals surface area contributed by atoms with Crippen LogP contribution < -0.4 is 9.47 Å². The van der Waals surface area contributed by atoms with Crippen molar-refractivity contribution >= 4 is 23.8 Å². The summed E-state index contributed by atoms with van der Waals surface area (Å²) in [4.78, 5) is 29.0. The molecule has 0 heterocycles. The standard InChI is InChI=1S/C28H29NO5/c1-4-6-24(5-2)33-27(30)21-9-13-23(14-10-21)29-19-20-7-15-26(16-8-20)34-28(31)22-11-17-25(32-3)18-12-22/h7-19,24H,4-6H2,1-3H3. The van der Waals surface area contributed by atoms with Crippen LogP contribution in [-0.2, 0) is 4.74 Å². The van der Waals surface area contributed by atoms with Crippen LogP contribution in [0.3, 0.4) is 0 Å². The molecule has 0 aliphatic rings. The molecule has 1 unspecified atom stereocenters. The Balaban J connectivity index is 1.56. The van der Waals surface area contributed by atoms with Crippen molar-refractivity contribution in [3.05, 3.63) is 89.5 Å². The van der Waals surface area contributed by atoms with Crippen molar-refractivity contribution in [2.24, 2.45) is 4.99 Å². The number of aliphatic imine (C=N–C) groups is 1. The molecular formula is C28H29NO5. The minimum absolute atomic E-state index is 0.0475. The lowest BCUT2D eigenvalue weighted by molar-refractivity contribution is 0.0271. The van der Waals surface area contributed by atoms with Gasteiger partial charge in [-0.2, -0.15) is 0 Å². The van der Waals surface area contributed by atoms with Gasteiger partial charge in [0.1, 0.15) is 17.6 Å². The van der Waals surface area contributed by atoms with Crippen LogP contribution in [0.1, 0.15) is 59.4 Å². The molecule has 0 saturated carbocycles. The van der Waals surface area contributed by atoms with E-state index in [-0.39, 0.29) is 12.1 Å². The van der Waals surface area contributed by atoms with Gasteiger partial charge in [0.25, 0.3) is 0 Å². The number of esters is 2. The van der Waals surface area contributed by atoms with E-state index in [1.807, 2.05) is 19.1 Å². The highest BCUT2D eigenvalue weighted by Gasteiger charge is 2.13. The van der Waals surface area contributed by atoms with Gasteiger partial charge in [-0.15, -0.1) is 0 Å². The summed E-state index contributed by atoms with van der Waals surface area (Å²) in [6.45, 7) is 4.09. The summed E-state index contributed by atoms with van der Waals surface area (Å²) >= 11 is 0. The van der Waals surface area contributed by atoms with Crippen LogP contribution in [0.4, 0.5) is 5.69 Å². The number of carbonyl (C=O) groups excluding carboxylic acids is 2. The Bertz CT molecular complexity index is 1100. The molecule has 0 bridgehead atoms. The fourth-order valence-corrected chi connectivity index (χ4v) is 3.24. The Morgan fingerprint density at radius 3 is 2.00 bits per heavy atom. The minimum Gasteiger partial charge on any atom is -0.497 e. The Kier molecular flexibility index (Phi) is 8.97. The molecule has 3 rings (SSSR count). The molecule has 0 saturated heterocycles. The summed E-state index contributed by atoms with van der Waals surface area (Å²) in [6, 6.07) is 20.8. The minimum atomic E-state index is -0.442. The maximum Gasteiger partial charge on any atom is 0.343 e. The third-order valence-electron chi connectivity index (χ3n) is 5.22. The summed E-state index contributed by atoms with van der Waals surface area (Å²) < 4.78 is 16.1. The van der Waals surface area contributed by atoms with Crippen LogP contribution >= 0.6 is 0 Å². The van der Waals surface area contributed by atoms with Crippen LogP contribution in [0, 0.1) is 0 Å². The van der Waals surface area contributed by atoms with E-state index in [0.717, 1.165) is 24.8 Å². The first kappa shape index (κ1) is 24.7. The van der Waals surface area contributed by atoms with Gasteiger partial charge in [0, 0.05) is 6.21 Å². The molecule has 0 aliphatic carbocycles. The summed E-state index contributed by atoms with van der Waals surface area (Å²) in [6.07, 6.45) is 4.31. The molecule has 0 fully saturated rings. The zero-order valence-electron chi connectivity index (χ0n) is 19.7. The largest absolute Gasteiger partial charge is 0.497 e. The van der Waals surface area contributed by atoms with Gasteiger partial charge in [-0.25, -0.2) is 9.59 Å². The lowest BCUT2D eigenvalue weighted by Gasteiger charge is -2.15. The van der Waals surface area contributed by atoms with E-state index in [9.17, 15) is 9.59 Å². The Labute approximate surface area is 200 Å². The molecule has 1 atom stereocenters. The molecular weight excluding hydrogens is 430 g/mol. The highest BCUT2D eigenvalue weighted by molar-refractivity contribution is 5.91. The lowest BCUT2D eigenvalue weighted by Crippen LogP contribution is -2.17. The van der Waals surface area contributed by atoms with Gasteiger partial charge in [-0.3, -0.25) is 4.99 Å². The summed E-state index contributed by atoms with van der Waals surface area (Å²) in [5.41, 5.74) is 2.51. The molecule has 6 nitrogen and oxygen atoms in total. The number of hydrogen-bond acceptors (Lipinski definition) is 6. The number of carbonyl (C=O) groups is 2. The van der Waals surface area contributed by atoms with Gasteiger partial charge in [0.15, 0.2) is 0 Å². The van der Waals surface area contributed by atoms with E-state index in [0.29, 0.717) is 28.3 Å². The van der Waals surface area contributed by atoms with Gasteiger partial charge in [0.2, 0.25) is 0 Å². The second kappa shape index (κ2) is 12.3. The highest BCUT2D eigenvalue weighted by Crippen LogP contribution is 2.18. The average Bonchev–Trinajstić information content (AvgIpc) is 2.88. The highest BCUT2D eigenvalue weighted by atomic mass is 16.5. The van der Waals surface area contributed by atoms with Gasteiger partial charge < -0.3 is 14.2 Å². The van der Waals surface area contributed by atoms with Crippen molar-refractivity contribution in [1.29, 1.82) is 0 Å². The van der Waals surface area contributed by atoms with Crippen LogP contribution in [0.2, 0.25) is 0 Å². The van der Waals surface area contributed by atoms with Crippen molar-refractivity contribution in [1.82, 2.24) is 0 Å². The van der Waals surface area contributed by atoms with Gasteiger partial charge in [-0.05, 0) is 91.2 Å². The van der Waals surface area contributed by atoms with E-state index >= 15 is 0 Å². The maximum absolute atomic E-state index is 12.3. The predicted molar refractivity (Wildman–Crippen MR) is 132 cm³/mol. The Morgan fingerprint density at radius 2 is 1.41 bits per heavy atom. The molecule has 0 spiro atoms. The molecule has 0 amide bonds. The molecule has 3 aromatic rings. The summed E-state index contributed by atoms with van der Waals surface area (Å²) in [7, 11) is 1.57. The summed E-state index contributed by atoms with van der Waals surface area (Å²) in [5, 5.41) is 0. The zero-order chi connectivity index (χ0) is 24.3. The SMILES string of the molecule is CCCC(CC)OC(=O)c1ccc(N=Cc2ccc(OC(=O)c3ccc(OC)cc3)cc2)cc1. The number of methoxy groups -OCH3 is 1. The fraction of sp³-hybridized carbons (Fsp3) is 0.250. The monoisotopic (exact) mass is 459 g/mol. The molecule has 6 heteroatoms. The quantitative estimate of drug-likeness (QED) is 0.199. The van der Waals surface area contributed by atoms with Crippen LogP contribution in [0.5, 0.6) is 11.5 Å². The Morgan fingerprint density at radius 1 is 0.824 bits per heavy atom. The topological polar surface area (TPSA) is 74.2 Å². The van der Waals surface area contributed by atoms with E-state index < -0.39 is 5.97 Å². The summed E-state index contributed by atoms with van der Waals surface area (Å²) in [5.74, 6) is 0.361. The molecule has 0 radical (unpaired) electrons. The van der Waals surface area contributed by atoms with E-state index in [4.69, 9.17) is 14.2 Å². The van der Waals surface area contributed by atoms with Crippen molar-refractivity contribution in [2.75, 3.05) is 7.11 Å². The van der Waals surface area contributed by atoms with Crippen LogP contribution in [0.25, 0.3) is 0 Å². The van der Waals surface area contributed by atoms with E-state index in [1.54, 1.807) is 74.0 Å². The molecule has 0 N–H and O–H groups in total. The molecule has 176 valence electrons. The van der Waals surface area contributed by atoms with Gasteiger partial charge >= 0.3 is 11.9 Å². The number of rotatable bonds is 10. The molecule has 34 heavy (non-hydrogen) atoms. The number of nitrogens with zero attached hydrogens (tertiary/aromatic N) is 1. The molecule has 0 aromatic heterocycles. The van der Waals surface area contributed by atoms with Crippen LogP contribution in [-0.4, -0.2) is 31.4 Å². The molecule has 0 aliphatic heterocycles. The molecule has 3 aromatic carbocycles. The average molecular weight is 460 g/mol. The van der Waals surface area contributed by atoms with Gasteiger partial charge in [-0.1, -0.05) is 20.3 Å². The predicted octanol–water partition coefficient (Wildman–Crippen LogP) is 6.40. The van der Waals surface area contributed by atoms with Crippen molar-refractivity contribution < 1.29 is 23.8 Å². The van der Waals surface area contributed by atoms with E-state index in [2.05, 4.69) is 11.9 Å². The van der Waals surface area contributed by atoms with Crippen molar-refractivity contribution in [2.45, 2.75) is 39.2 Å². The van der Waals surface area contributed by atoms with Crippen molar-refractivity contribution in [3.8, 4) is 11.5 Å². The first-order valence-electron chi connectivity index (χ1n) is 11.3. The first-order chi connectivity index (χ1) is 16.5. The first-order valence-corrected chi connectivity index (χ1v) is 11.3. The fourth-order valence-electron chi connectivity index (χ4n) is 3.24. The third kappa shape index (κ3) is 7.04. The third-order valence-corrected chi connectivity index (χ3v) is 5.22. The van der Waals surface area contributed by atoms with Crippen molar-refractivity contribution in [3.63, 3.8) is 0 Å². The normalized spacial score (nSPS) is 11.7. The Hall–Kier alpha value is -3.93. The second-order valence-electron chi connectivity index (χ2n) is 7.72. The smallest absolute Gasteiger partial charge is 0.343 e. The van der Waals surface area contributed by atoms with Crippen LogP contribution in [0.15, 0.2) is 77.8 Å². The number of benzene rings is 3. The number of hydrogen-bond donors (Lipinski definition) is 0. The maximum atomic E-state index is 12.3. The second-order valence-corrected chi connectivity index (χ2v) is 7.72. The zero-order valence-corrected chi connectivity index (χ0v) is 19.7. The lowest BCUT2D eigenvalue weighted by atomic mass is 10.1. The van der Waals surface area contributed by atoms with E-state index in [1.165, 1.54) is 0 Å². The van der Waals surface area contributed by atoms with Gasteiger partial charge in [0.05, 0.1) is 23.9 Å².